The van der Waals surface area contributed by atoms with E-state index in [0.717, 1.165) is 15.8 Å². The van der Waals surface area contributed by atoms with E-state index in [1.807, 2.05) is 24.3 Å². The molecular formula is C17H14BrClN4O2. The third kappa shape index (κ3) is 4.18. The average molecular weight is 422 g/mol. The lowest BCUT2D eigenvalue weighted by atomic mass is 10.2. The number of H-pyrrole nitrogens is 1. The van der Waals surface area contributed by atoms with Gasteiger partial charge in [-0.1, -0.05) is 27.5 Å². The molecule has 0 atom stereocenters. The first-order valence-corrected chi connectivity index (χ1v) is 8.53. The Bertz CT molecular complexity index is 896. The zero-order valence-corrected chi connectivity index (χ0v) is 15.6. The van der Waals surface area contributed by atoms with Crippen molar-refractivity contribution in [1.29, 1.82) is 0 Å². The number of ether oxygens (including phenoxy) is 1. The number of methoxy groups -OCH3 is 1. The third-order valence-corrected chi connectivity index (χ3v) is 4.29. The Balaban J connectivity index is 1.67. The molecule has 0 saturated heterocycles. The molecule has 0 spiro atoms. The summed E-state index contributed by atoms with van der Waals surface area (Å²) < 4.78 is 5.91. The summed E-state index contributed by atoms with van der Waals surface area (Å²) in [6.07, 6.45) is 0. The van der Waals surface area contributed by atoms with Gasteiger partial charge in [0.25, 0.3) is 5.91 Å². The van der Waals surface area contributed by atoms with Gasteiger partial charge in [0.2, 0.25) is 0 Å². The van der Waals surface area contributed by atoms with Gasteiger partial charge < -0.3 is 10.1 Å². The maximum absolute atomic E-state index is 12.2. The molecule has 3 aromatic rings. The Morgan fingerprint density at radius 1 is 1.28 bits per heavy atom. The number of aromatic amines is 1. The second kappa shape index (κ2) is 7.67. The van der Waals surface area contributed by atoms with Crippen LogP contribution in [0.15, 0.2) is 46.9 Å². The van der Waals surface area contributed by atoms with Gasteiger partial charge in [-0.3, -0.25) is 9.89 Å². The first kappa shape index (κ1) is 17.4. The van der Waals surface area contributed by atoms with Crippen molar-refractivity contribution in [3.8, 4) is 17.1 Å². The summed E-state index contributed by atoms with van der Waals surface area (Å²) >= 11 is 9.38. The van der Waals surface area contributed by atoms with E-state index in [9.17, 15) is 4.79 Å². The first-order chi connectivity index (χ1) is 12.1. The highest BCUT2D eigenvalue weighted by atomic mass is 79.9. The minimum Gasteiger partial charge on any atom is -0.497 e. The van der Waals surface area contributed by atoms with Gasteiger partial charge in [-0.25, -0.2) is 4.98 Å². The summed E-state index contributed by atoms with van der Waals surface area (Å²) in [5.41, 5.74) is 1.25. The zero-order chi connectivity index (χ0) is 17.8. The molecule has 8 heteroatoms. The van der Waals surface area contributed by atoms with Crippen LogP contribution in [0.5, 0.6) is 5.75 Å². The predicted octanol–water partition coefficient (Wildman–Crippen LogP) is 3.83. The predicted molar refractivity (Wildman–Crippen MR) is 98.7 cm³/mol. The van der Waals surface area contributed by atoms with Crippen molar-refractivity contribution >= 4 is 33.4 Å². The molecular weight excluding hydrogens is 408 g/mol. The van der Waals surface area contributed by atoms with Gasteiger partial charge in [-0.15, -0.1) is 0 Å². The molecule has 0 aliphatic rings. The molecule has 0 bridgehead atoms. The van der Waals surface area contributed by atoms with Crippen molar-refractivity contribution in [2.75, 3.05) is 7.11 Å². The average Bonchev–Trinajstić information content (AvgIpc) is 3.11. The second-order valence-electron chi connectivity index (χ2n) is 5.14. The quantitative estimate of drug-likeness (QED) is 0.656. The SMILES string of the molecule is COc1ccc(-c2n[nH]c(CNC(=O)c3cc(Br)ccc3Cl)n2)cc1. The van der Waals surface area contributed by atoms with Crippen LogP contribution >= 0.6 is 27.5 Å². The summed E-state index contributed by atoms with van der Waals surface area (Å²) in [5, 5.41) is 10.1. The van der Waals surface area contributed by atoms with E-state index in [-0.39, 0.29) is 12.5 Å². The zero-order valence-electron chi connectivity index (χ0n) is 13.2. The highest BCUT2D eigenvalue weighted by molar-refractivity contribution is 9.10. The van der Waals surface area contributed by atoms with Gasteiger partial charge in [0.15, 0.2) is 5.82 Å². The summed E-state index contributed by atoms with van der Waals surface area (Å²) in [5.74, 6) is 1.57. The maximum atomic E-state index is 12.2. The lowest BCUT2D eigenvalue weighted by Crippen LogP contribution is -2.23. The van der Waals surface area contributed by atoms with Gasteiger partial charge in [-0.05, 0) is 42.5 Å². The van der Waals surface area contributed by atoms with Crippen molar-refractivity contribution in [1.82, 2.24) is 20.5 Å². The largest absolute Gasteiger partial charge is 0.497 e. The Morgan fingerprint density at radius 2 is 2.04 bits per heavy atom. The molecule has 0 saturated carbocycles. The third-order valence-electron chi connectivity index (χ3n) is 3.47. The van der Waals surface area contributed by atoms with Crippen LogP contribution in [0, 0.1) is 0 Å². The van der Waals surface area contributed by atoms with Crippen LogP contribution in [0.2, 0.25) is 5.02 Å². The molecule has 128 valence electrons. The summed E-state index contributed by atoms with van der Waals surface area (Å²) in [6, 6.07) is 12.5. The van der Waals surface area contributed by atoms with E-state index in [2.05, 4.69) is 36.4 Å². The molecule has 2 N–H and O–H groups in total. The topological polar surface area (TPSA) is 79.9 Å². The Kier molecular flexibility index (Phi) is 5.35. The molecule has 0 aliphatic heterocycles. The van der Waals surface area contributed by atoms with Crippen molar-refractivity contribution in [2.45, 2.75) is 6.54 Å². The number of halogens is 2. The van der Waals surface area contributed by atoms with Crippen LogP contribution in [0.3, 0.4) is 0 Å². The molecule has 2 aromatic carbocycles. The van der Waals surface area contributed by atoms with Crippen LogP contribution in [0.1, 0.15) is 16.2 Å². The molecule has 0 fully saturated rings. The fourth-order valence-electron chi connectivity index (χ4n) is 2.17. The van der Waals surface area contributed by atoms with Gasteiger partial charge in [0.05, 0.1) is 24.2 Å². The molecule has 0 aliphatic carbocycles. The lowest BCUT2D eigenvalue weighted by Gasteiger charge is -2.05. The number of carbonyl (C=O) groups excluding carboxylic acids is 1. The van der Waals surface area contributed by atoms with Crippen molar-refractivity contribution in [3.63, 3.8) is 0 Å². The fourth-order valence-corrected chi connectivity index (χ4v) is 2.74. The number of nitrogens with zero attached hydrogens (tertiary/aromatic N) is 2. The second-order valence-corrected chi connectivity index (χ2v) is 6.46. The Labute approximate surface area is 157 Å². The molecule has 0 radical (unpaired) electrons. The number of nitrogens with one attached hydrogen (secondary N) is 2. The molecule has 1 aromatic heterocycles. The summed E-state index contributed by atoms with van der Waals surface area (Å²) in [4.78, 5) is 16.6. The molecule has 6 nitrogen and oxygen atoms in total. The number of benzene rings is 2. The molecule has 3 rings (SSSR count). The first-order valence-electron chi connectivity index (χ1n) is 7.36. The molecule has 25 heavy (non-hydrogen) atoms. The number of aromatic nitrogens is 3. The van der Waals surface area contributed by atoms with Crippen LogP contribution in [0.4, 0.5) is 0 Å². The summed E-state index contributed by atoms with van der Waals surface area (Å²) in [6.45, 7) is 0.213. The van der Waals surface area contributed by atoms with E-state index in [0.29, 0.717) is 22.2 Å². The standard InChI is InChI=1S/C17H14BrClN4O2/c1-25-12-5-2-10(3-6-12)16-21-15(22-23-16)9-20-17(24)13-8-11(18)4-7-14(13)19/h2-8H,9H2,1H3,(H,20,24)(H,21,22,23). The van der Waals surface area contributed by atoms with Crippen molar-refractivity contribution in [2.24, 2.45) is 0 Å². The number of carbonyl (C=O) groups is 1. The van der Waals surface area contributed by atoms with Gasteiger partial charge >= 0.3 is 0 Å². The van der Waals surface area contributed by atoms with Crippen molar-refractivity contribution < 1.29 is 9.53 Å². The van der Waals surface area contributed by atoms with Crippen LogP contribution in [0.25, 0.3) is 11.4 Å². The van der Waals surface area contributed by atoms with Crippen LogP contribution < -0.4 is 10.1 Å². The maximum Gasteiger partial charge on any atom is 0.253 e. The van der Waals surface area contributed by atoms with Crippen LogP contribution in [-0.2, 0) is 6.54 Å². The number of hydrogen-bond acceptors (Lipinski definition) is 4. The van der Waals surface area contributed by atoms with Crippen molar-refractivity contribution in [3.05, 3.63) is 63.3 Å². The molecule has 0 unspecified atom stereocenters. The molecule has 1 heterocycles. The Hall–Kier alpha value is -2.38. The van der Waals surface area contributed by atoms with Gasteiger partial charge in [0.1, 0.15) is 11.6 Å². The lowest BCUT2D eigenvalue weighted by molar-refractivity contribution is 0.0950. The minimum atomic E-state index is -0.284. The normalized spacial score (nSPS) is 10.5. The minimum absolute atomic E-state index is 0.213. The van der Waals surface area contributed by atoms with E-state index in [1.54, 1.807) is 25.3 Å². The number of hydrogen-bond donors (Lipinski definition) is 2. The van der Waals surface area contributed by atoms with E-state index < -0.39 is 0 Å². The number of rotatable bonds is 5. The monoisotopic (exact) mass is 420 g/mol. The van der Waals surface area contributed by atoms with E-state index in [4.69, 9.17) is 16.3 Å². The van der Waals surface area contributed by atoms with Crippen LogP contribution in [-0.4, -0.2) is 28.2 Å². The fraction of sp³-hybridized carbons (Fsp3) is 0.118. The summed E-state index contributed by atoms with van der Waals surface area (Å²) in [7, 11) is 1.61. The van der Waals surface area contributed by atoms with E-state index >= 15 is 0 Å². The highest BCUT2D eigenvalue weighted by Gasteiger charge is 2.12. The smallest absolute Gasteiger partial charge is 0.253 e. The van der Waals surface area contributed by atoms with Gasteiger partial charge in [0, 0.05) is 10.0 Å². The van der Waals surface area contributed by atoms with Gasteiger partial charge in [-0.2, -0.15) is 5.10 Å². The molecule has 1 amide bonds. The number of amides is 1. The highest BCUT2D eigenvalue weighted by Crippen LogP contribution is 2.21. The van der Waals surface area contributed by atoms with E-state index in [1.165, 1.54) is 0 Å². The Morgan fingerprint density at radius 3 is 2.76 bits per heavy atom.